The fraction of sp³-hybridized carbons (Fsp3) is 0.500. The number of nitrogens with zero attached hydrogens (tertiary/aromatic N) is 1. The summed E-state index contributed by atoms with van der Waals surface area (Å²) in [5.74, 6) is -1.96. The molecule has 0 spiro atoms. The molecule has 2 N–H and O–H groups in total. The normalized spacial score (nSPS) is 23.9. The zero-order chi connectivity index (χ0) is 13.9. The number of ether oxygens (including phenoxy) is 1. The van der Waals surface area contributed by atoms with Gasteiger partial charge in [-0.2, -0.15) is 0 Å². The first kappa shape index (κ1) is 14.5. The van der Waals surface area contributed by atoms with Gasteiger partial charge in [0.1, 0.15) is 6.61 Å². The van der Waals surface area contributed by atoms with Crippen LogP contribution in [-0.2, 0) is 19.1 Å². The number of rotatable bonds is 5. The van der Waals surface area contributed by atoms with Crippen molar-refractivity contribution in [3.05, 3.63) is 12.7 Å². The molecule has 18 heavy (non-hydrogen) atoms. The summed E-state index contributed by atoms with van der Waals surface area (Å²) in [5.41, 5.74) is 0. The highest BCUT2D eigenvalue weighted by Crippen LogP contribution is 2.34. The van der Waals surface area contributed by atoms with Gasteiger partial charge in [-0.3, -0.25) is 14.5 Å². The van der Waals surface area contributed by atoms with E-state index < -0.39 is 29.0 Å². The minimum Gasteiger partial charge on any atom is -0.458 e. The summed E-state index contributed by atoms with van der Waals surface area (Å²) in [7, 11) is 0. The Kier molecular flexibility index (Phi) is 4.36. The van der Waals surface area contributed by atoms with Gasteiger partial charge in [0.2, 0.25) is 18.0 Å². The van der Waals surface area contributed by atoms with E-state index in [1.54, 1.807) is 0 Å². The highest BCUT2D eigenvalue weighted by molar-refractivity contribution is 7.81. The fourth-order valence-electron chi connectivity index (χ4n) is 1.54. The second-order valence-corrected chi connectivity index (χ2v) is 4.47. The maximum atomic E-state index is 11.4. The van der Waals surface area contributed by atoms with Gasteiger partial charge in [0.25, 0.3) is 0 Å². The van der Waals surface area contributed by atoms with Gasteiger partial charge in [0, 0.05) is 6.92 Å². The maximum Gasteiger partial charge on any atom is 0.356 e. The number of thiol groups is 1. The molecular weight excluding hydrogens is 260 g/mol. The molecule has 2 unspecified atom stereocenters. The molecule has 8 heteroatoms. The number of hydrogen-bond donors (Lipinski definition) is 3. The van der Waals surface area contributed by atoms with Gasteiger partial charge in [-0.05, 0) is 0 Å². The van der Waals surface area contributed by atoms with Crippen LogP contribution in [0.2, 0.25) is 0 Å². The van der Waals surface area contributed by atoms with E-state index in [9.17, 15) is 19.5 Å². The molecule has 100 valence electrons. The lowest BCUT2D eigenvalue weighted by Crippen LogP contribution is -2.72. The number of amides is 2. The van der Waals surface area contributed by atoms with Crippen molar-refractivity contribution in [3.63, 3.8) is 0 Å². The lowest BCUT2D eigenvalue weighted by Gasteiger charge is -2.49. The van der Waals surface area contributed by atoms with Gasteiger partial charge in [-0.25, -0.2) is 4.79 Å². The first-order valence-corrected chi connectivity index (χ1v) is 5.55. The molecule has 0 aliphatic carbocycles. The lowest BCUT2D eigenvalue weighted by molar-refractivity contribution is -0.188. The summed E-state index contributed by atoms with van der Waals surface area (Å²) in [6, 6.07) is 0. The third kappa shape index (κ3) is 2.82. The van der Waals surface area contributed by atoms with E-state index >= 15 is 0 Å². The van der Waals surface area contributed by atoms with Gasteiger partial charge in [-0.15, -0.1) is 12.6 Å². The number of aliphatic hydroxyl groups is 1. The largest absolute Gasteiger partial charge is 0.458 e. The van der Waals surface area contributed by atoms with Crippen molar-refractivity contribution in [2.75, 3.05) is 6.61 Å². The number of carbonyl (C=O) groups is 3. The number of carbonyl (C=O) groups excluding carboxylic acids is 3. The Labute approximate surface area is 109 Å². The average molecular weight is 274 g/mol. The molecule has 0 radical (unpaired) electrons. The van der Waals surface area contributed by atoms with Crippen LogP contribution in [0.3, 0.4) is 0 Å². The van der Waals surface area contributed by atoms with E-state index in [1.165, 1.54) is 13.0 Å². The second-order valence-electron chi connectivity index (χ2n) is 3.73. The van der Waals surface area contributed by atoms with Crippen molar-refractivity contribution in [2.24, 2.45) is 0 Å². The SMILES string of the molecule is C=CCOC(=O)C(O)N1C(=O)CC1(S)NC(C)=O. The van der Waals surface area contributed by atoms with Gasteiger partial charge >= 0.3 is 5.97 Å². The van der Waals surface area contributed by atoms with Crippen LogP contribution in [0.25, 0.3) is 0 Å². The molecule has 1 saturated heterocycles. The number of hydrogen-bond acceptors (Lipinski definition) is 6. The van der Waals surface area contributed by atoms with Gasteiger partial charge in [0.15, 0.2) is 4.99 Å². The van der Waals surface area contributed by atoms with Gasteiger partial charge in [-0.1, -0.05) is 12.7 Å². The van der Waals surface area contributed by atoms with Crippen molar-refractivity contribution in [1.29, 1.82) is 0 Å². The molecule has 0 aromatic rings. The van der Waals surface area contributed by atoms with Crippen LogP contribution >= 0.6 is 12.6 Å². The number of esters is 1. The monoisotopic (exact) mass is 274 g/mol. The standard InChI is InChI=1S/C10H14N2O5S/c1-3-4-17-9(16)8(15)12-7(14)5-10(12,18)11-6(2)13/h3,8,15,18H,1,4-5H2,2H3,(H,11,13). The fourth-order valence-corrected chi connectivity index (χ4v) is 2.06. The van der Waals surface area contributed by atoms with Crippen molar-refractivity contribution in [3.8, 4) is 0 Å². The van der Waals surface area contributed by atoms with E-state index in [0.29, 0.717) is 0 Å². The van der Waals surface area contributed by atoms with E-state index in [4.69, 9.17) is 0 Å². The summed E-state index contributed by atoms with van der Waals surface area (Å²) >= 11 is 4.08. The smallest absolute Gasteiger partial charge is 0.356 e. The van der Waals surface area contributed by atoms with Crippen molar-refractivity contribution < 1.29 is 24.2 Å². The van der Waals surface area contributed by atoms with E-state index in [-0.39, 0.29) is 13.0 Å². The zero-order valence-electron chi connectivity index (χ0n) is 9.75. The molecule has 1 fully saturated rings. The van der Waals surface area contributed by atoms with Gasteiger partial charge < -0.3 is 15.2 Å². The quantitative estimate of drug-likeness (QED) is 0.196. The Morgan fingerprint density at radius 1 is 1.78 bits per heavy atom. The summed E-state index contributed by atoms with van der Waals surface area (Å²) in [5, 5.41) is 12.0. The number of aliphatic hydroxyl groups excluding tert-OH is 1. The van der Waals surface area contributed by atoms with Crippen LogP contribution in [0.4, 0.5) is 0 Å². The highest BCUT2D eigenvalue weighted by atomic mass is 32.1. The van der Waals surface area contributed by atoms with Crippen molar-refractivity contribution in [1.82, 2.24) is 10.2 Å². The molecule has 0 aromatic carbocycles. The third-order valence-corrected chi connectivity index (χ3v) is 2.73. The summed E-state index contributed by atoms with van der Waals surface area (Å²) in [6.07, 6.45) is -0.596. The number of β-lactam (4-membered cyclic amide) rings is 1. The average Bonchev–Trinajstić information content (AvgIpc) is 2.23. The Morgan fingerprint density at radius 3 is 2.83 bits per heavy atom. The van der Waals surface area contributed by atoms with Crippen LogP contribution in [0.5, 0.6) is 0 Å². The van der Waals surface area contributed by atoms with Crippen LogP contribution < -0.4 is 5.32 Å². The molecule has 1 rings (SSSR count). The Hall–Kier alpha value is -1.54. The molecule has 2 atom stereocenters. The summed E-state index contributed by atoms with van der Waals surface area (Å²) in [6.45, 7) is 4.49. The zero-order valence-corrected chi connectivity index (χ0v) is 10.6. The maximum absolute atomic E-state index is 11.4. The number of nitrogens with one attached hydrogen (secondary N) is 1. The molecule has 0 aromatic heterocycles. The van der Waals surface area contributed by atoms with Crippen LogP contribution in [-0.4, -0.2) is 45.6 Å². The third-order valence-electron chi connectivity index (χ3n) is 2.24. The van der Waals surface area contributed by atoms with Crippen molar-refractivity contribution in [2.45, 2.75) is 24.6 Å². The van der Waals surface area contributed by atoms with Crippen LogP contribution in [0.1, 0.15) is 13.3 Å². The number of likely N-dealkylation sites (tertiary alicyclic amines) is 1. The lowest BCUT2D eigenvalue weighted by atomic mass is 10.1. The predicted octanol–water partition coefficient (Wildman–Crippen LogP) is -1.01. The molecule has 2 amide bonds. The first-order valence-electron chi connectivity index (χ1n) is 5.10. The molecule has 7 nitrogen and oxygen atoms in total. The molecule has 0 bridgehead atoms. The minimum absolute atomic E-state index is 0.0857. The Morgan fingerprint density at radius 2 is 2.39 bits per heavy atom. The van der Waals surface area contributed by atoms with Crippen LogP contribution in [0.15, 0.2) is 12.7 Å². The molecule has 1 heterocycles. The predicted molar refractivity (Wildman–Crippen MR) is 64.2 cm³/mol. The second kappa shape index (κ2) is 5.40. The van der Waals surface area contributed by atoms with Crippen molar-refractivity contribution >= 4 is 30.4 Å². The van der Waals surface area contributed by atoms with E-state index in [0.717, 1.165) is 4.90 Å². The minimum atomic E-state index is -1.81. The summed E-state index contributed by atoms with van der Waals surface area (Å²) in [4.78, 5) is 33.1. The van der Waals surface area contributed by atoms with E-state index in [1.807, 2.05) is 0 Å². The van der Waals surface area contributed by atoms with Gasteiger partial charge in [0.05, 0.1) is 6.42 Å². The molecule has 1 aliphatic rings. The van der Waals surface area contributed by atoms with Crippen LogP contribution in [0, 0.1) is 0 Å². The van der Waals surface area contributed by atoms with E-state index in [2.05, 4.69) is 29.3 Å². The molecular formula is C10H14N2O5S. The summed E-state index contributed by atoms with van der Waals surface area (Å²) < 4.78 is 4.61. The Balaban J connectivity index is 2.73. The molecule has 1 aliphatic heterocycles. The molecule has 0 saturated carbocycles. The Bertz CT molecular complexity index is 400. The highest BCUT2D eigenvalue weighted by Gasteiger charge is 2.54. The first-order chi connectivity index (χ1) is 8.31. The topological polar surface area (TPSA) is 95.9 Å².